The second-order valence-corrected chi connectivity index (χ2v) is 6.56. The lowest BCUT2D eigenvalue weighted by atomic mass is 10.1. The lowest BCUT2D eigenvalue weighted by molar-refractivity contribution is 0.0909. The zero-order valence-corrected chi connectivity index (χ0v) is 14.7. The van der Waals surface area contributed by atoms with Crippen molar-refractivity contribution >= 4 is 17.6 Å². The summed E-state index contributed by atoms with van der Waals surface area (Å²) in [5.41, 5.74) is 2.49. The Balaban J connectivity index is 1.58. The van der Waals surface area contributed by atoms with Crippen molar-refractivity contribution in [3.8, 4) is 0 Å². The first-order valence-electron chi connectivity index (χ1n) is 8.48. The van der Waals surface area contributed by atoms with E-state index in [-0.39, 0.29) is 18.0 Å². The minimum atomic E-state index is -0.232. The van der Waals surface area contributed by atoms with E-state index in [0.29, 0.717) is 11.8 Å². The fourth-order valence-corrected chi connectivity index (χ4v) is 2.65. The third-order valence-electron chi connectivity index (χ3n) is 4.18. The topological polar surface area (TPSA) is 83.4 Å². The van der Waals surface area contributed by atoms with Crippen molar-refractivity contribution in [2.45, 2.75) is 45.7 Å². The summed E-state index contributed by atoms with van der Waals surface area (Å²) < 4.78 is 5.45. The average molecular weight is 341 g/mol. The van der Waals surface area contributed by atoms with Crippen LogP contribution >= 0.6 is 0 Å². The molecule has 0 saturated heterocycles. The second-order valence-electron chi connectivity index (χ2n) is 6.56. The van der Waals surface area contributed by atoms with Crippen LogP contribution in [0.15, 0.2) is 34.7 Å². The molecule has 0 bridgehead atoms. The molecule has 132 valence electrons. The standard InChI is InChI=1S/C19H23N3O3/c1-11-10-12(2)25-17(11)18(23)20-13(3)14-4-6-15(7-5-14)21-19(24)22-16-8-9-16/h4-7,10,13,16H,8-9H2,1-3H3,(H,20,23)(H2,21,22,24). The lowest BCUT2D eigenvalue weighted by Crippen LogP contribution is -2.30. The summed E-state index contributed by atoms with van der Waals surface area (Å²) in [6, 6.07) is 9.23. The Hall–Kier alpha value is -2.76. The number of aryl methyl sites for hydroxylation is 2. The van der Waals surface area contributed by atoms with Gasteiger partial charge in [-0.15, -0.1) is 0 Å². The van der Waals surface area contributed by atoms with Crippen molar-refractivity contribution in [1.82, 2.24) is 10.6 Å². The van der Waals surface area contributed by atoms with Crippen molar-refractivity contribution in [3.05, 3.63) is 53.0 Å². The summed E-state index contributed by atoms with van der Waals surface area (Å²) in [7, 11) is 0. The van der Waals surface area contributed by atoms with Crippen molar-refractivity contribution < 1.29 is 14.0 Å². The number of benzene rings is 1. The highest BCUT2D eigenvalue weighted by Gasteiger charge is 2.23. The van der Waals surface area contributed by atoms with Gasteiger partial charge in [-0.1, -0.05) is 12.1 Å². The van der Waals surface area contributed by atoms with Gasteiger partial charge in [0, 0.05) is 17.3 Å². The third-order valence-corrected chi connectivity index (χ3v) is 4.18. The summed E-state index contributed by atoms with van der Waals surface area (Å²) in [6.45, 7) is 5.58. The number of amides is 3. The Bertz CT molecular complexity index is 776. The van der Waals surface area contributed by atoms with Gasteiger partial charge in [-0.25, -0.2) is 4.79 Å². The number of furan rings is 1. The van der Waals surface area contributed by atoms with Crippen molar-refractivity contribution in [3.63, 3.8) is 0 Å². The molecule has 25 heavy (non-hydrogen) atoms. The van der Waals surface area contributed by atoms with Gasteiger partial charge in [-0.2, -0.15) is 0 Å². The summed E-state index contributed by atoms with van der Waals surface area (Å²) in [4.78, 5) is 24.0. The highest BCUT2D eigenvalue weighted by molar-refractivity contribution is 5.93. The smallest absolute Gasteiger partial charge is 0.319 e. The van der Waals surface area contributed by atoms with Crippen molar-refractivity contribution in [2.24, 2.45) is 0 Å². The molecule has 0 radical (unpaired) electrons. The molecule has 2 aromatic rings. The van der Waals surface area contributed by atoms with Gasteiger partial charge in [0.15, 0.2) is 5.76 Å². The van der Waals surface area contributed by atoms with E-state index in [1.165, 1.54) is 0 Å². The molecule has 1 unspecified atom stereocenters. The van der Waals surface area contributed by atoms with Crippen LogP contribution < -0.4 is 16.0 Å². The molecule has 0 aliphatic heterocycles. The molecular weight excluding hydrogens is 318 g/mol. The van der Waals surface area contributed by atoms with E-state index in [4.69, 9.17) is 4.42 Å². The van der Waals surface area contributed by atoms with E-state index in [1.807, 2.05) is 51.1 Å². The Morgan fingerprint density at radius 1 is 1.16 bits per heavy atom. The Kier molecular flexibility index (Phi) is 4.79. The van der Waals surface area contributed by atoms with Gasteiger partial charge in [0.2, 0.25) is 0 Å². The summed E-state index contributed by atoms with van der Waals surface area (Å²) in [5.74, 6) is 0.832. The maximum absolute atomic E-state index is 12.3. The first-order chi connectivity index (χ1) is 11.9. The quantitative estimate of drug-likeness (QED) is 0.776. The van der Waals surface area contributed by atoms with Crippen LogP contribution in [0.4, 0.5) is 10.5 Å². The maximum Gasteiger partial charge on any atom is 0.319 e. The molecule has 3 amide bonds. The van der Waals surface area contributed by atoms with E-state index in [9.17, 15) is 9.59 Å². The molecule has 1 aromatic heterocycles. The number of hydrogen-bond donors (Lipinski definition) is 3. The van der Waals surface area contributed by atoms with Gasteiger partial charge in [-0.3, -0.25) is 4.79 Å². The molecule has 1 aliphatic carbocycles. The molecule has 1 heterocycles. The molecule has 3 rings (SSSR count). The van der Waals surface area contributed by atoms with Crippen LogP contribution in [-0.4, -0.2) is 18.0 Å². The van der Waals surface area contributed by atoms with Crippen LogP contribution in [0, 0.1) is 13.8 Å². The predicted octanol–water partition coefficient (Wildman–Crippen LogP) is 3.67. The van der Waals surface area contributed by atoms with E-state index in [0.717, 1.165) is 35.4 Å². The summed E-state index contributed by atoms with van der Waals surface area (Å²) in [5, 5.41) is 8.61. The largest absolute Gasteiger partial charge is 0.456 e. The Morgan fingerprint density at radius 3 is 2.40 bits per heavy atom. The number of anilines is 1. The van der Waals surface area contributed by atoms with Gasteiger partial charge in [0.1, 0.15) is 5.76 Å². The van der Waals surface area contributed by atoms with Crippen molar-refractivity contribution in [2.75, 3.05) is 5.32 Å². The number of urea groups is 1. The molecule has 6 nitrogen and oxygen atoms in total. The first kappa shape index (κ1) is 17.1. The van der Waals surface area contributed by atoms with Gasteiger partial charge in [0.05, 0.1) is 6.04 Å². The molecule has 1 aliphatic rings. The molecule has 1 saturated carbocycles. The average Bonchev–Trinajstić information content (AvgIpc) is 3.29. The number of carbonyl (C=O) groups is 2. The van der Waals surface area contributed by atoms with Gasteiger partial charge < -0.3 is 20.4 Å². The zero-order valence-electron chi connectivity index (χ0n) is 14.7. The van der Waals surface area contributed by atoms with Crippen LogP contribution in [0.25, 0.3) is 0 Å². The molecule has 1 atom stereocenters. The van der Waals surface area contributed by atoms with E-state index < -0.39 is 0 Å². The SMILES string of the molecule is Cc1cc(C)c(C(=O)NC(C)c2ccc(NC(=O)NC3CC3)cc2)o1. The summed E-state index contributed by atoms with van der Waals surface area (Å²) in [6.07, 6.45) is 2.11. The minimum Gasteiger partial charge on any atom is -0.456 e. The highest BCUT2D eigenvalue weighted by atomic mass is 16.3. The van der Waals surface area contributed by atoms with E-state index in [1.54, 1.807) is 0 Å². The van der Waals surface area contributed by atoms with Crippen LogP contribution in [0.5, 0.6) is 0 Å². The number of nitrogens with one attached hydrogen (secondary N) is 3. The van der Waals surface area contributed by atoms with E-state index in [2.05, 4.69) is 16.0 Å². The molecule has 6 heteroatoms. The fourth-order valence-electron chi connectivity index (χ4n) is 2.65. The van der Waals surface area contributed by atoms with Gasteiger partial charge in [-0.05, 0) is 57.4 Å². The zero-order chi connectivity index (χ0) is 18.0. The normalized spacial score (nSPS) is 14.7. The molecule has 0 spiro atoms. The summed E-state index contributed by atoms with van der Waals surface area (Å²) >= 11 is 0. The first-order valence-corrected chi connectivity index (χ1v) is 8.48. The van der Waals surface area contributed by atoms with Crippen LogP contribution in [0.2, 0.25) is 0 Å². The van der Waals surface area contributed by atoms with Crippen LogP contribution in [0.3, 0.4) is 0 Å². The molecule has 1 fully saturated rings. The monoisotopic (exact) mass is 341 g/mol. The number of carbonyl (C=O) groups excluding carboxylic acids is 2. The second kappa shape index (κ2) is 7.01. The lowest BCUT2D eigenvalue weighted by Gasteiger charge is -2.14. The number of hydrogen-bond acceptors (Lipinski definition) is 3. The minimum absolute atomic E-state index is 0.174. The Labute approximate surface area is 147 Å². The fraction of sp³-hybridized carbons (Fsp3) is 0.368. The maximum atomic E-state index is 12.3. The van der Waals surface area contributed by atoms with Crippen LogP contribution in [-0.2, 0) is 0 Å². The third kappa shape index (κ3) is 4.41. The molecular formula is C19H23N3O3. The van der Waals surface area contributed by atoms with Gasteiger partial charge >= 0.3 is 6.03 Å². The molecule has 1 aromatic carbocycles. The van der Waals surface area contributed by atoms with Crippen LogP contribution in [0.1, 0.15) is 53.2 Å². The van der Waals surface area contributed by atoms with Gasteiger partial charge in [0.25, 0.3) is 5.91 Å². The number of rotatable bonds is 5. The van der Waals surface area contributed by atoms with Crippen molar-refractivity contribution in [1.29, 1.82) is 0 Å². The predicted molar refractivity (Wildman–Crippen MR) is 95.7 cm³/mol. The highest BCUT2D eigenvalue weighted by Crippen LogP contribution is 2.20. The Morgan fingerprint density at radius 2 is 1.84 bits per heavy atom. The molecule has 3 N–H and O–H groups in total. The van der Waals surface area contributed by atoms with E-state index >= 15 is 0 Å².